The molecule has 2 aliphatic heterocycles. The third kappa shape index (κ3) is 3.20. The number of carbonyl (C=O) groups excluding carboxylic acids is 1. The minimum Gasteiger partial charge on any atom is -0.379 e. The summed E-state index contributed by atoms with van der Waals surface area (Å²) < 4.78 is 5.55. The molecule has 4 heteroatoms. The molecule has 1 atom stereocenters. The fourth-order valence-electron chi connectivity index (χ4n) is 3.78. The van der Waals surface area contributed by atoms with Crippen molar-refractivity contribution in [2.75, 3.05) is 25.1 Å². The van der Waals surface area contributed by atoms with E-state index in [2.05, 4.69) is 54.4 Å². The average molecular weight is 336 g/mol. The molecular formula is C21H24N2O2. The maximum absolute atomic E-state index is 11.6. The van der Waals surface area contributed by atoms with Crippen molar-refractivity contribution in [1.82, 2.24) is 4.90 Å². The average Bonchev–Trinajstić information content (AvgIpc) is 2.98. The van der Waals surface area contributed by atoms with Gasteiger partial charge in [-0.2, -0.15) is 0 Å². The Labute approximate surface area is 148 Å². The molecule has 0 saturated carbocycles. The van der Waals surface area contributed by atoms with E-state index in [9.17, 15) is 4.79 Å². The Morgan fingerprint density at radius 3 is 3.00 bits per heavy atom. The summed E-state index contributed by atoms with van der Waals surface area (Å²) in [4.78, 5) is 14.1. The van der Waals surface area contributed by atoms with Gasteiger partial charge < -0.3 is 10.1 Å². The molecule has 0 bridgehead atoms. The second kappa shape index (κ2) is 6.62. The normalized spacial score (nSPS) is 20.4. The van der Waals surface area contributed by atoms with Crippen LogP contribution in [-0.2, 0) is 22.5 Å². The van der Waals surface area contributed by atoms with Gasteiger partial charge in [0.2, 0.25) is 5.91 Å². The number of amides is 1. The van der Waals surface area contributed by atoms with Crippen molar-refractivity contribution in [2.45, 2.75) is 32.9 Å². The molecule has 1 N–H and O–H groups in total. The summed E-state index contributed by atoms with van der Waals surface area (Å²) in [5, 5.41) is 2.90. The highest BCUT2D eigenvalue weighted by molar-refractivity contribution is 5.99. The maximum Gasteiger partial charge on any atom is 0.228 e. The van der Waals surface area contributed by atoms with Crippen LogP contribution in [0.1, 0.15) is 23.6 Å². The Morgan fingerprint density at radius 2 is 2.16 bits per heavy atom. The van der Waals surface area contributed by atoms with E-state index in [-0.39, 0.29) is 5.91 Å². The molecule has 130 valence electrons. The summed E-state index contributed by atoms with van der Waals surface area (Å²) in [5.41, 5.74) is 7.16. The molecular weight excluding hydrogens is 312 g/mol. The van der Waals surface area contributed by atoms with E-state index in [1.54, 1.807) is 0 Å². The first kappa shape index (κ1) is 16.3. The van der Waals surface area contributed by atoms with Crippen molar-refractivity contribution >= 4 is 11.6 Å². The van der Waals surface area contributed by atoms with E-state index in [4.69, 9.17) is 4.74 Å². The quantitative estimate of drug-likeness (QED) is 0.934. The number of nitrogens with one attached hydrogen (secondary N) is 1. The van der Waals surface area contributed by atoms with Crippen LogP contribution in [0.25, 0.3) is 11.1 Å². The largest absolute Gasteiger partial charge is 0.379 e. The Bertz CT molecular complexity index is 816. The molecule has 4 nitrogen and oxygen atoms in total. The number of rotatable bonds is 3. The number of hydrogen-bond donors (Lipinski definition) is 1. The van der Waals surface area contributed by atoms with Gasteiger partial charge in [-0.15, -0.1) is 0 Å². The van der Waals surface area contributed by atoms with Gasteiger partial charge in [0.1, 0.15) is 0 Å². The number of nitrogens with zero attached hydrogens (tertiary/aromatic N) is 1. The van der Waals surface area contributed by atoms with Gasteiger partial charge in [0.25, 0.3) is 0 Å². The lowest BCUT2D eigenvalue weighted by molar-refractivity contribution is -0.115. The molecule has 0 spiro atoms. The fraction of sp³-hybridized carbons (Fsp3) is 0.381. The summed E-state index contributed by atoms with van der Waals surface area (Å²) >= 11 is 0. The first-order chi connectivity index (χ1) is 12.1. The summed E-state index contributed by atoms with van der Waals surface area (Å²) in [6.07, 6.45) is 0.479. The van der Waals surface area contributed by atoms with Gasteiger partial charge in [-0.05, 0) is 53.8 Å². The van der Waals surface area contributed by atoms with Crippen molar-refractivity contribution in [3.8, 4) is 11.1 Å². The lowest BCUT2D eigenvalue weighted by Crippen LogP contribution is -2.43. The van der Waals surface area contributed by atoms with E-state index in [1.165, 1.54) is 22.3 Å². The number of morpholine rings is 1. The van der Waals surface area contributed by atoms with Crippen LogP contribution in [0.2, 0.25) is 0 Å². The Hall–Kier alpha value is -2.17. The molecule has 0 aromatic heterocycles. The van der Waals surface area contributed by atoms with E-state index in [0.29, 0.717) is 12.5 Å². The van der Waals surface area contributed by atoms with Crippen LogP contribution in [-0.4, -0.2) is 36.6 Å². The molecule has 2 aliphatic rings. The highest BCUT2D eigenvalue weighted by Gasteiger charge is 2.21. The smallest absolute Gasteiger partial charge is 0.228 e. The molecule has 0 unspecified atom stereocenters. The van der Waals surface area contributed by atoms with Crippen molar-refractivity contribution in [3.63, 3.8) is 0 Å². The summed E-state index contributed by atoms with van der Waals surface area (Å²) in [6.45, 7) is 7.99. The molecule has 0 radical (unpaired) electrons. The Kier molecular flexibility index (Phi) is 4.32. The third-order valence-corrected chi connectivity index (χ3v) is 5.37. The predicted molar refractivity (Wildman–Crippen MR) is 99.6 cm³/mol. The minimum atomic E-state index is 0.0823. The lowest BCUT2D eigenvalue weighted by Gasteiger charge is -2.33. The fourth-order valence-corrected chi connectivity index (χ4v) is 3.78. The molecule has 1 amide bonds. The number of benzene rings is 2. The maximum atomic E-state index is 11.6. The van der Waals surface area contributed by atoms with Gasteiger partial charge in [-0.3, -0.25) is 9.69 Å². The van der Waals surface area contributed by atoms with Crippen LogP contribution in [0.15, 0.2) is 36.4 Å². The Morgan fingerprint density at radius 1 is 1.28 bits per heavy atom. The molecule has 1 fully saturated rings. The topological polar surface area (TPSA) is 41.6 Å². The molecule has 25 heavy (non-hydrogen) atoms. The monoisotopic (exact) mass is 336 g/mol. The SMILES string of the molecule is Cc1c(CN2CCOC[C@@H]2C)cccc1-c1ccc2c(c1)CC(=O)N2. The third-order valence-electron chi connectivity index (χ3n) is 5.37. The molecule has 1 saturated heterocycles. The summed E-state index contributed by atoms with van der Waals surface area (Å²) in [6, 6.07) is 13.3. The van der Waals surface area contributed by atoms with E-state index in [0.717, 1.165) is 37.6 Å². The van der Waals surface area contributed by atoms with E-state index in [1.807, 2.05) is 6.07 Å². The molecule has 2 aromatic rings. The van der Waals surface area contributed by atoms with Crippen LogP contribution in [0.4, 0.5) is 5.69 Å². The number of anilines is 1. The van der Waals surface area contributed by atoms with Crippen LogP contribution in [0.3, 0.4) is 0 Å². The molecule has 2 aromatic carbocycles. The summed E-state index contributed by atoms with van der Waals surface area (Å²) in [5.74, 6) is 0.0823. The molecule has 4 rings (SSSR count). The highest BCUT2D eigenvalue weighted by atomic mass is 16.5. The first-order valence-corrected chi connectivity index (χ1v) is 8.95. The number of hydrogen-bond acceptors (Lipinski definition) is 3. The number of carbonyl (C=O) groups is 1. The van der Waals surface area contributed by atoms with Gasteiger partial charge in [0.05, 0.1) is 19.6 Å². The van der Waals surface area contributed by atoms with E-state index >= 15 is 0 Å². The number of ether oxygens (including phenoxy) is 1. The van der Waals surface area contributed by atoms with E-state index < -0.39 is 0 Å². The Balaban J connectivity index is 1.63. The van der Waals surface area contributed by atoms with Crippen LogP contribution >= 0.6 is 0 Å². The first-order valence-electron chi connectivity index (χ1n) is 8.95. The zero-order chi connectivity index (χ0) is 17.4. The second-order valence-corrected chi connectivity index (χ2v) is 7.08. The predicted octanol–water partition coefficient (Wildman–Crippen LogP) is 3.38. The van der Waals surface area contributed by atoms with Gasteiger partial charge in [-0.25, -0.2) is 0 Å². The van der Waals surface area contributed by atoms with Crippen LogP contribution in [0.5, 0.6) is 0 Å². The molecule has 0 aliphatic carbocycles. The zero-order valence-electron chi connectivity index (χ0n) is 14.8. The standard InChI is InChI=1S/C21H24N2O2/c1-14-13-25-9-8-23(14)12-17-4-3-5-19(15(17)2)16-6-7-20-18(10-16)11-21(24)22-20/h3-7,10,14H,8-9,11-13H2,1-2H3,(H,22,24)/t14-/m0/s1. The lowest BCUT2D eigenvalue weighted by atomic mass is 9.94. The summed E-state index contributed by atoms with van der Waals surface area (Å²) in [7, 11) is 0. The number of fused-ring (bicyclic) bond motifs is 1. The second-order valence-electron chi connectivity index (χ2n) is 7.08. The van der Waals surface area contributed by atoms with Crippen molar-refractivity contribution in [1.29, 1.82) is 0 Å². The van der Waals surface area contributed by atoms with Crippen LogP contribution < -0.4 is 5.32 Å². The van der Waals surface area contributed by atoms with Crippen molar-refractivity contribution < 1.29 is 9.53 Å². The van der Waals surface area contributed by atoms with Crippen molar-refractivity contribution in [2.24, 2.45) is 0 Å². The molecule has 2 heterocycles. The van der Waals surface area contributed by atoms with Crippen LogP contribution in [0, 0.1) is 6.92 Å². The van der Waals surface area contributed by atoms with Gasteiger partial charge in [-0.1, -0.05) is 24.3 Å². The van der Waals surface area contributed by atoms with Gasteiger partial charge >= 0.3 is 0 Å². The highest BCUT2D eigenvalue weighted by Crippen LogP contribution is 2.32. The van der Waals surface area contributed by atoms with Crippen molar-refractivity contribution in [3.05, 3.63) is 53.1 Å². The minimum absolute atomic E-state index is 0.0823. The van der Waals surface area contributed by atoms with Gasteiger partial charge in [0.15, 0.2) is 0 Å². The van der Waals surface area contributed by atoms with Gasteiger partial charge in [0, 0.05) is 24.8 Å². The zero-order valence-corrected chi connectivity index (χ0v) is 14.8.